The molecule has 0 aliphatic carbocycles. The predicted molar refractivity (Wildman–Crippen MR) is 75.4 cm³/mol. The molecule has 0 spiro atoms. The fourth-order valence-electron chi connectivity index (χ4n) is 2.87. The van der Waals surface area contributed by atoms with Crippen molar-refractivity contribution >= 4 is 11.8 Å². The molecule has 2 aromatic heterocycles. The van der Waals surface area contributed by atoms with E-state index < -0.39 is 0 Å². The van der Waals surface area contributed by atoms with E-state index in [0.717, 1.165) is 10.9 Å². The molecule has 8 nitrogen and oxygen atoms in total. The first kappa shape index (κ1) is 14.2. The molecule has 0 N–H and O–H groups in total. The fourth-order valence-corrected chi connectivity index (χ4v) is 3.71. The Labute approximate surface area is 131 Å². The Morgan fingerprint density at radius 3 is 3.09 bits per heavy atom. The number of thioether (sulfide) groups is 1. The van der Waals surface area contributed by atoms with Crippen LogP contribution in [0.25, 0.3) is 0 Å². The molecule has 2 saturated heterocycles. The highest BCUT2D eigenvalue weighted by Crippen LogP contribution is 2.36. The third-order valence-electron chi connectivity index (χ3n) is 3.98. The highest BCUT2D eigenvalue weighted by Gasteiger charge is 2.49. The van der Waals surface area contributed by atoms with Crippen molar-refractivity contribution in [3.63, 3.8) is 0 Å². The summed E-state index contributed by atoms with van der Waals surface area (Å²) in [7, 11) is 1.68. The summed E-state index contributed by atoms with van der Waals surface area (Å²) in [5, 5.41) is 12.7. The topological polar surface area (TPSA) is 84.4 Å². The second-order valence-electron chi connectivity index (χ2n) is 5.21. The zero-order valence-electron chi connectivity index (χ0n) is 12.0. The Morgan fingerprint density at radius 1 is 1.36 bits per heavy atom. The van der Waals surface area contributed by atoms with Crippen LogP contribution in [-0.2, 0) is 20.0 Å². The first-order valence-corrected chi connectivity index (χ1v) is 8.04. The van der Waals surface area contributed by atoms with Gasteiger partial charge in [0.15, 0.2) is 0 Å². The molecule has 9 heteroatoms. The van der Waals surface area contributed by atoms with Gasteiger partial charge in [-0.15, -0.1) is 5.10 Å². The summed E-state index contributed by atoms with van der Waals surface area (Å²) in [4.78, 5) is 0. The summed E-state index contributed by atoms with van der Waals surface area (Å²) >= 11 is 1.53. The fraction of sp³-hybridized carbons (Fsp3) is 0.615. The second-order valence-corrected chi connectivity index (χ2v) is 6.15. The molecule has 2 aromatic rings. The molecule has 0 saturated carbocycles. The number of methoxy groups -OCH3 is 1. The van der Waals surface area contributed by atoms with Crippen LogP contribution in [0.3, 0.4) is 0 Å². The lowest BCUT2D eigenvalue weighted by atomic mass is 10.1. The number of rotatable bonds is 5. The highest BCUT2D eigenvalue weighted by molar-refractivity contribution is 7.98. The summed E-state index contributed by atoms with van der Waals surface area (Å²) in [5.41, 5.74) is 0. The minimum absolute atomic E-state index is 0.0225. The molecule has 0 amide bonds. The largest absolute Gasteiger partial charge is 0.468 e. The van der Waals surface area contributed by atoms with Gasteiger partial charge in [-0.2, -0.15) is 0 Å². The summed E-state index contributed by atoms with van der Waals surface area (Å²) in [6, 6.07) is 3.77. The van der Waals surface area contributed by atoms with Gasteiger partial charge in [0.1, 0.15) is 30.1 Å². The first-order valence-electron chi connectivity index (χ1n) is 7.06. The molecule has 2 aliphatic heterocycles. The maximum Gasteiger partial charge on any atom is 0.210 e. The van der Waals surface area contributed by atoms with Gasteiger partial charge in [0.2, 0.25) is 5.16 Å². The van der Waals surface area contributed by atoms with Crippen molar-refractivity contribution in [3.8, 4) is 0 Å². The van der Waals surface area contributed by atoms with E-state index in [4.69, 9.17) is 18.6 Å². The average molecular weight is 324 g/mol. The van der Waals surface area contributed by atoms with Crippen molar-refractivity contribution in [1.29, 1.82) is 0 Å². The molecular formula is C13H16N4O4S. The zero-order chi connectivity index (χ0) is 14.9. The third-order valence-corrected chi connectivity index (χ3v) is 4.94. The molecule has 0 bridgehead atoms. The molecule has 22 heavy (non-hydrogen) atoms. The predicted octanol–water partition coefficient (Wildman–Crippen LogP) is 0.912. The summed E-state index contributed by atoms with van der Waals surface area (Å²) in [5.74, 6) is 1.56. The van der Waals surface area contributed by atoms with Crippen molar-refractivity contribution in [1.82, 2.24) is 20.2 Å². The van der Waals surface area contributed by atoms with Crippen molar-refractivity contribution < 1.29 is 18.6 Å². The number of ether oxygens (including phenoxy) is 3. The molecule has 2 fully saturated rings. The van der Waals surface area contributed by atoms with Crippen molar-refractivity contribution in [2.45, 2.75) is 35.3 Å². The van der Waals surface area contributed by atoms with E-state index in [1.807, 2.05) is 12.1 Å². The van der Waals surface area contributed by atoms with Crippen LogP contribution in [0.1, 0.15) is 11.8 Å². The van der Waals surface area contributed by atoms with Crippen LogP contribution in [0.4, 0.5) is 0 Å². The molecule has 118 valence electrons. The van der Waals surface area contributed by atoms with E-state index in [0.29, 0.717) is 19.0 Å². The second kappa shape index (κ2) is 5.99. The van der Waals surface area contributed by atoms with Crippen molar-refractivity contribution in [2.75, 3.05) is 20.3 Å². The lowest BCUT2D eigenvalue weighted by Crippen LogP contribution is -2.31. The number of hydrogen-bond acceptors (Lipinski definition) is 8. The van der Waals surface area contributed by atoms with Gasteiger partial charge in [-0.1, -0.05) is 11.8 Å². The monoisotopic (exact) mass is 324 g/mol. The molecule has 2 aliphatic rings. The highest BCUT2D eigenvalue weighted by atomic mass is 32.2. The Morgan fingerprint density at radius 2 is 2.27 bits per heavy atom. The summed E-state index contributed by atoms with van der Waals surface area (Å²) in [6.45, 7) is 1.06. The molecule has 0 aromatic carbocycles. The number of nitrogens with zero attached hydrogens (tertiary/aromatic N) is 4. The Hall–Kier alpha value is -1.42. The van der Waals surface area contributed by atoms with E-state index in [1.54, 1.807) is 18.1 Å². The molecule has 4 atom stereocenters. The minimum Gasteiger partial charge on any atom is -0.468 e. The van der Waals surface area contributed by atoms with Crippen LogP contribution in [0.15, 0.2) is 28.0 Å². The van der Waals surface area contributed by atoms with Crippen molar-refractivity contribution in [2.24, 2.45) is 0 Å². The summed E-state index contributed by atoms with van der Waals surface area (Å²) < 4.78 is 24.2. The van der Waals surface area contributed by atoms with Crippen LogP contribution < -0.4 is 0 Å². The van der Waals surface area contributed by atoms with Gasteiger partial charge in [0.05, 0.1) is 25.2 Å². The SMILES string of the molecule is CO[C@H]1CO[C@@H]2[C@@H]1OC[C@@H]2n1nnnc1SCc1ccco1. The van der Waals surface area contributed by atoms with Gasteiger partial charge in [-0.25, -0.2) is 4.68 Å². The van der Waals surface area contributed by atoms with Gasteiger partial charge in [0.25, 0.3) is 0 Å². The van der Waals surface area contributed by atoms with E-state index in [2.05, 4.69) is 15.5 Å². The maximum absolute atomic E-state index is 5.83. The normalized spacial score (nSPS) is 30.8. The Balaban J connectivity index is 1.48. The molecule has 4 rings (SSSR count). The maximum atomic E-state index is 5.83. The molecular weight excluding hydrogens is 308 g/mol. The van der Waals surface area contributed by atoms with Gasteiger partial charge >= 0.3 is 0 Å². The zero-order valence-corrected chi connectivity index (χ0v) is 12.8. The van der Waals surface area contributed by atoms with Gasteiger partial charge in [-0.3, -0.25) is 0 Å². The number of fused-ring (bicyclic) bond motifs is 1. The van der Waals surface area contributed by atoms with Crippen LogP contribution in [0, 0.1) is 0 Å². The Bertz CT molecular complexity index is 619. The van der Waals surface area contributed by atoms with Crippen molar-refractivity contribution in [3.05, 3.63) is 24.2 Å². The van der Waals surface area contributed by atoms with E-state index >= 15 is 0 Å². The van der Waals surface area contributed by atoms with E-state index in [9.17, 15) is 0 Å². The van der Waals surface area contributed by atoms with Crippen LogP contribution >= 0.6 is 11.8 Å². The smallest absolute Gasteiger partial charge is 0.210 e. The van der Waals surface area contributed by atoms with E-state index in [1.165, 1.54) is 11.8 Å². The Kier molecular flexibility index (Phi) is 3.87. The average Bonchev–Trinajstić information content (AvgIpc) is 3.28. The van der Waals surface area contributed by atoms with Crippen LogP contribution in [0.5, 0.6) is 0 Å². The van der Waals surface area contributed by atoms with Gasteiger partial charge in [-0.05, 0) is 22.6 Å². The van der Waals surface area contributed by atoms with Gasteiger partial charge in [0, 0.05) is 7.11 Å². The quantitative estimate of drug-likeness (QED) is 0.751. The number of furan rings is 1. The van der Waals surface area contributed by atoms with Gasteiger partial charge < -0.3 is 18.6 Å². The van der Waals surface area contributed by atoms with E-state index in [-0.39, 0.29) is 24.4 Å². The number of tetrazole rings is 1. The summed E-state index contributed by atoms with van der Waals surface area (Å²) in [6.07, 6.45) is 1.51. The molecule has 0 radical (unpaired) electrons. The molecule has 0 unspecified atom stereocenters. The number of hydrogen-bond donors (Lipinski definition) is 0. The lowest BCUT2D eigenvalue weighted by molar-refractivity contribution is -0.00928. The number of aromatic nitrogens is 4. The first-order chi connectivity index (χ1) is 10.9. The van der Waals surface area contributed by atoms with Crippen LogP contribution in [0.2, 0.25) is 0 Å². The lowest BCUT2D eigenvalue weighted by Gasteiger charge is -2.16. The van der Waals surface area contributed by atoms with Crippen LogP contribution in [-0.4, -0.2) is 58.8 Å². The third kappa shape index (κ3) is 2.43. The minimum atomic E-state index is -0.0728. The standard InChI is InChI=1S/C13H16N4O4S/c1-18-10-6-21-11-9(5-20-12(10)11)17-13(14-15-16-17)22-7-8-3-2-4-19-8/h2-4,9-12H,5-7H2,1H3/t9-,10-,11-,12+/m0/s1. The molecule has 4 heterocycles.